The molecule has 2 aromatic carbocycles. The standard InChI is InChI=1S/C21H20ClN3O4/c1-13(20(27)23-15-11-9-14(22)10-12-15)29-19(26)8-4-7-18-24-17-6-3-2-5-16(17)21(28)25-18/h2-3,5-6,9-13H,4,7-8H2,1H3,(H,23,27)(H,24,25,28)/t13-/m1/s1. The molecule has 0 spiro atoms. The minimum atomic E-state index is -0.934. The van der Waals surface area contributed by atoms with Crippen molar-refractivity contribution >= 4 is 40.1 Å². The Bertz CT molecular complexity index is 1080. The number of benzene rings is 2. The quantitative estimate of drug-likeness (QED) is 0.577. The zero-order valence-electron chi connectivity index (χ0n) is 15.8. The van der Waals surface area contributed by atoms with E-state index < -0.39 is 18.0 Å². The lowest BCUT2D eigenvalue weighted by atomic mass is 10.2. The molecule has 0 saturated heterocycles. The zero-order chi connectivity index (χ0) is 20.8. The van der Waals surface area contributed by atoms with Gasteiger partial charge in [0.15, 0.2) is 6.10 Å². The number of hydrogen-bond donors (Lipinski definition) is 2. The van der Waals surface area contributed by atoms with Gasteiger partial charge >= 0.3 is 5.97 Å². The molecule has 0 saturated carbocycles. The second-order valence-electron chi connectivity index (χ2n) is 6.51. The Kier molecular flexibility index (Phi) is 6.61. The largest absolute Gasteiger partial charge is 0.453 e. The van der Waals surface area contributed by atoms with Gasteiger partial charge in [-0.1, -0.05) is 23.7 Å². The molecule has 0 bridgehead atoms. The molecule has 0 unspecified atom stereocenters. The molecule has 1 heterocycles. The third-order valence-electron chi connectivity index (χ3n) is 4.25. The minimum Gasteiger partial charge on any atom is -0.453 e. The number of amides is 1. The van der Waals surface area contributed by atoms with Gasteiger partial charge in [0.1, 0.15) is 5.82 Å². The Labute approximate surface area is 172 Å². The van der Waals surface area contributed by atoms with Crippen LogP contribution in [0.5, 0.6) is 0 Å². The van der Waals surface area contributed by atoms with Crippen molar-refractivity contribution in [3.05, 3.63) is 69.7 Å². The summed E-state index contributed by atoms with van der Waals surface area (Å²) in [6, 6.07) is 13.7. The number of hydrogen-bond acceptors (Lipinski definition) is 5. The molecule has 2 N–H and O–H groups in total. The highest BCUT2D eigenvalue weighted by molar-refractivity contribution is 6.30. The minimum absolute atomic E-state index is 0.106. The number of aromatic nitrogens is 2. The molecule has 0 radical (unpaired) electrons. The topological polar surface area (TPSA) is 101 Å². The van der Waals surface area contributed by atoms with Crippen LogP contribution >= 0.6 is 11.6 Å². The van der Waals surface area contributed by atoms with E-state index in [0.717, 1.165) is 0 Å². The summed E-state index contributed by atoms with van der Waals surface area (Å²) >= 11 is 5.80. The molecular weight excluding hydrogens is 394 g/mol. The van der Waals surface area contributed by atoms with Crippen LogP contribution in [0.3, 0.4) is 0 Å². The van der Waals surface area contributed by atoms with Crippen LogP contribution in [0.2, 0.25) is 5.02 Å². The first kappa shape index (κ1) is 20.5. The molecule has 1 amide bonds. The van der Waals surface area contributed by atoms with Crippen molar-refractivity contribution in [3.63, 3.8) is 0 Å². The number of para-hydroxylation sites is 1. The fourth-order valence-corrected chi connectivity index (χ4v) is 2.87. The van der Waals surface area contributed by atoms with Crippen LogP contribution in [0.25, 0.3) is 10.9 Å². The number of aryl methyl sites for hydroxylation is 1. The van der Waals surface area contributed by atoms with E-state index >= 15 is 0 Å². The molecule has 0 aliphatic carbocycles. The van der Waals surface area contributed by atoms with Crippen LogP contribution in [-0.4, -0.2) is 27.9 Å². The van der Waals surface area contributed by atoms with E-state index in [2.05, 4.69) is 15.3 Å². The van der Waals surface area contributed by atoms with Crippen LogP contribution in [0.4, 0.5) is 5.69 Å². The van der Waals surface area contributed by atoms with Crippen molar-refractivity contribution in [2.24, 2.45) is 0 Å². The highest BCUT2D eigenvalue weighted by Gasteiger charge is 2.18. The summed E-state index contributed by atoms with van der Waals surface area (Å²) in [5, 5.41) is 3.74. The number of carbonyl (C=O) groups excluding carboxylic acids is 2. The number of ether oxygens (including phenoxy) is 1. The summed E-state index contributed by atoms with van der Waals surface area (Å²) in [6.45, 7) is 1.51. The predicted octanol–water partition coefficient (Wildman–Crippen LogP) is 3.47. The third-order valence-corrected chi connectivity index (χ3v) is 4.50. The van der Waals surface area contributed by atoms with Gasteiger partial charge in [-0.3, -0.25) is 14.4 Å². The summed E-state index contributed by atoms with van der Waals surface area (Å²) in [5.41, 5.74) is 0.968. The Hall–Kier alpha value is -3.19. The van der Waals surface area contributed by atoms with Crippen LogP contribution < -0.4 is 10.9 Å². The Balaban J connectivity index is 1.47. The first-order valence-electron chi connectivity index (χ1n) is 9.16. The molecule has 1 atom stereocenters. The van der Waals surface area contributed by atoms with Crippen LogP contribution in [-0.2, 0) is 20.7 Å². The van der Waals surface area contributed by atoms with Gasteiger partial charge < -0.3 is 15.0 Å². The van der Waals surface area contributed by atoms with Crippen molar-refractivity contribution in [3.8, 4) is 0 Å². The van der Waals surface area contributed by atoms with E-state index in [9.17, 15) is 14.4 Å². The van der Waals surface area contributed by atoms with Crippen LogP contribution in [0.15, 0.2) is 53.3 Å². The van der Waals surface area contributed by atoms with Gasteiger partial charge in [-0.25, -0.2) is 4.98 Å². The molecule has 150 valence electrons. The number of rotatable bonds is 7. The number of anilines is 1. The molecule has 0 aliphatic heterocycles. The van der Waals surface area contributed by atoms with Gasteiger partial charge in [0, 0.05) is 23.6 Å². The van der Waals surface area contributed by atoms with Crippen molar-refractivity contribution in [2.45, 2.75) is 32.3 Å². The van der Waals surface area contributed by atoms with Crippen LogP contribution in [0.1, 0.15) is 25.6 Å². The number of H-pyrrole nitrogens is 1. The van der Waals surface area contributed by atoms with E-state index in [-0.39, 0.29) is 12.0 Å². The number of esters is 1. The van der Waals surface area contributed by atoms with Crippen LogP contribution in [0, 0.1) is 0 Å². The van der Waals surface area contributed by atoms with Gasteiger partial charge in [0.25, 0.3) is 11.5 Å². The Morgan fingerprint density at radius 1 is 1.17 bits per heavy atom. The molecule has 0 aliphatic rings. The average Bonchev–Trinajstić information content (AvgIpc) is 2.69. The zero-order valence-corrected chi connectivity index (χ0v) is 16.5. The molecular formula is C21H20ClN3O4. The first-order chi connectivity index (χ1) is 13.9. The number of nitrogens with one attached hydrogen (secondary N) is 2. The van der Waals surface area contributed by atoms with E-state index in [1.54, 1.807) is 42.5 Å². The second-order valence-corrected chi connectivity index (χ2v) is 6.95. The second kappa shape index (κ2) is 9.34. The van der Waals surface area contributed by atoms with E-state index in [1.807, 2.05) is 6.07 Å². The van der Waals surface area contributed by atoms with E-state index in [0.29, 0.717) is 40.3 Å². The number of halogens is 1. The highest BCUT2D eigenvalue weighted by atomic mass is 35.5. The SMILES string of the molecule is C[C@@H](OC(=O)CCCc1nc2ccccc2c(=O)[nH]1)C(=O)Nc1ccc(Cl)cc1. The van der Waals surface area contributed by atoms with Crippen molar-refractivity contribution in [1.82, 2.24) is 9.97 Å². The Morgan fingerprint density at radius 2 is 1.90 bits per heavy atom. The molecule has 3 rings (SSSR count). The lowest BCUT2D eigenvalue weighted by Gasteiger charge is -2.13. The molecule has 29 heavy (non-hydrogen) atoms. The number of fused-ring (bicyclic) bond motifs is 1. The lowest BCUT2D eigenvalue weighted by molar-refractivity contribution is -0.153. The fraction of sp³-hybridized carbons (Fsp3) is 0.238. The summed E-state index contributed by atoms with van der Waals surface area (Å²) in [4.78, 5) is 43.3. The van der Waals surface area contributed by atoms with Gasteiger partial charge in [-0.05, 0) is 49.7 Å². The van der Waals surface area contributed by atoms with Gasteiger partial charge in [-0.15, -0.1) is 0 Å². The number of aromatic amines is 1. The number of nitrogens with zero attached hydrogens (tertiary/aromatic N) is 1. The normalized spacial score (nSPS) is 11.8. The average molecular weight is 414 g/mol. The Morgan fingerprint density at radius 3 is 2.66 bits per heavy atom. The van der Waals surface area contributed by atoms with E-state index in [4.69, 9.17) is 16.3 Å². The summed E-state index contributed by atoms with van der Waals surface area (Å²) in [5.74, 6) is -0.414. The smallest absolute Gasteiger partial charge is 0.306 e. The van der Waals surface area contributed by atoms with Crippen molar-refractivity contribution in [2.75, 3.05) is 5.32 Å². The van der Waals surface area contributed by atoms with Gasteiger partial charge in [0.05, 0.1) is 10.9 Å². The first-order valence-corrected chi connectivity index (χ1v) is 9.54. The third kappa shape index (κ3) is 5.65. The summed E-state index contributed by atoms with van der Waals surface area (Å²) < 4.78 is 5.17. The maximum atomic E-state index is 12.1. The summed E-state index contributed by atoms with van der Waals surface area (Å²) in [6.07, 6.45) is 0.0261. The van der Waals surface area contributed by atoms with Gasteiger partial charge in [-0.2, -0.15) is 0 Å². The predicted molar refractivity (Wildman–Crippen MR) is 111 cm³/mol. The highest BCUT2D eigenvalue weighted by Crippen LogP contribution is 2.14. The monoisotopic (exact) mass is 413 g/mol. The van der Waals surface area contributed by atoms with Gasteiger partial charge in [0.2, 0.25) is 0 Å². The maximum absolute atomic E-state index is 12.1. The fourth-order valence-electron chi connectivity index (χ4n) is 2.74. The molecule has 0 fully saturated rings. The van der Waals surface area contributed by atoms with Crippen molar-refractivity contribution < 1.29 is 14.3 Å². The van der Waals surface area contributed by atoms with Crippen molar-refractivity contribution in [1.29, 1.82) is 0 Å². The maximum Gasteiger partial charge on any atom is 0.306 e. The molecule has 1 aromatic heterocycles. The molecule has 8 heteroatoms. The molecule has 7 nitrogen and oxygen atoms in total. The molecule has 3 aromatic rings. The lowest BCUT2D eigenvalue weighted by Crippen LogP contribution is -2.29. The summed E-state index contributed by atoms with van der Waals surface area (Å²) in [7, 11) is 0. The van der Waals surface area contributed by atoms with E-state index in [1.165, 1.54) is 6.92 Å². The number of carbonyl (C=O) groups is 2.